The van der Waals surface area contributed by atoms with Crippen molar-refractivity contribution in [2.45, 2.75) is 88.5 Å². The van der Waals surface area contributed by atoms with Gasteiger partial charge < -0.3 is 0 Å². The molecule has 1 nitrogen and oxygen atoms in total. The van der Waals surface area contributed by atoms with Crippen LogP contribution in [0.25, 0.3) is 0 Å². The van der Waals surface area contributed by atoms with E-state index >= 15 is 0 Å². The van der Waals surface area contributed by atoms with Crippen LogP contribution in [0.15, 0.2) is 35.3 Å². The number of fused-ring (bicyclic) bond motifs is 1. The van der Waals surface area contributed by atoms with E-state index in [9.17, 15) is 0 Å². The Morgan fingerprint density at radius 3 is 1.71 bits per heavy atom. The average molecular weight is 380 g/mol. The van der Waals surface area contributed by atoms with E-state index in [1.165, 1.54) is 44.8 Å². The second-order valence-corrected chi connectivity index (χ2v) is 10.1. The van der Waals surface area contributed by atoms with Crippen LogP contribution in [0.3, 0.4) is 0 Å². The van der Waals surface area contributed by atoms with Crippen LogP contribution in [0, 0.1) is 33.1 Å². The molecule has 0 saturated heterocycles. The fourth-order valence-electron chi connectivity index (χ4n) is 3.11. The van der Waals surface area contributed by atoms with Gasteiger partial charge in [-0.15, -0.1) is 0 Å². The number of rotatable bonds is 0. The van der Waals surface area contributed by atoms with Crippen molar-refractivity contribution in [1.29, 1.82) is 0 Å². The van der Waals surface area contributed by atoms with E-state index in [0.29, 0.717) is 0 Å². The zero-order valence-electron chi connectivity index (χ0n) is 19.0. The lowest BCUT2D eigenvalue weighted by Gasteiger charge is -2.19. The minimum atomic E-state index is 0. The molecule has 0 aromatic heterocycles. The van der Waals surface area contributed by atoms with Gasteiger partial charge in [0.25, 0.3) is 0 Å². The highest BCUT2D eigenvalue weighted by Gasteiger charge is 2.25. The Kier molecular flexibility index (Phi) is 7.45. The second kappa shape index (κ2) is 8.64. The van der Waals surface area contributed by atoms with E-state index in [2.05, 4.69) is 99.6 Å². The molecule has 0 N–H and O–H groups in total. The maximum atomic E-state index is 4.74. The normalized spacial score (nSPS) is 13.1. The minimum Gasteiger partial charge on any atom is -0.257 e. The highest BCUT2D eigenvalue weighted by Crippen LogP contribution is 2.34. The summed E-state index contributed by atoms with van der Waals surface area (Å²) in [6.07, 6.45) is 1.03. The van der Waals surface area contributed by atoms with E-state index in [1.807, 2.05) is 0 Å². The number of nitrogens with zero attached hydrogens (tertiary/aromatic N) is 1. The van der Waals surface area contributed by atoms with E-state index in [-0.39, 0.29) is 18.3 Å². The molecule has 1 aliphatic heterocycles. The standard InChI is InChI=1S/C14H19N.C12H18.CH4/c1-9-6-11-8-13(14(3,4)5)15-12(11)7-10(9)2;1-9-6-7-11(8-10(9)2)12(3,4)5;/h6-7H,8H2,1-5H3;6-8H,1-5H3;1H4. The molecule has 0 saturated carbocycles. The van der Waals surface area contributed by atoms with Crippen molar-refractivity contribution >= 4 is 11.4 Å². The molecule has 0 fully saturated rings. The van der Waals surface area contributed by atoms with Crippen molar-refractivity contribution in [2.75, 3.05) is 0 Å². The lowest BCUT2D eigenvalue weighted by atomic mass is 9.85. The summed E-state index contributed by atoms with van der Waals surface area (Å²) in [4.78, 5) is 4.74. The first-order valence-electron chi connectivity index (χ1n) is 10.0. The summed E-state index contributed by atoms with van der Waals surface area (Å²) in [6, 6.07) is 11.2. The molecule has 0 unspecified atom stereocenters. The predicted octanol–water partition coefficient (Wildman–Crippen LogP) is 8.22. The largest absolute Gasteiger partial charge is 0.257 e. The lowest BCUT2D eigenvalue weighted by molar-refractivity contribution is 0.584. The Morgan fingerprint density at radius 2 is 1.21 bits per heavy atom. The molecule has 0 spiro atoms. The van der Waals surface area contributed by atoms with Crippen LogP contribution in [0.4, 0.5) is 5.69 Å². The summed E-state index contributed by atoms with van der Waals surface area (Å²) in [5.74, 6) is 0. The molecule has 28 heavy (non-hydrogen) atoms. The van der Waals surface area contributed by atoms with Crippen LogP contribution < -0.4 is 0 Å². The number of hydrogen-bond acceptors (Lipinski definition) is 1. The van der Waals surface area contributed by atoms with Crippen LogP contribution >= 0.6 is 0 Å². The molecule has 0 radical (unpaired) electrons. The van der Waals surface area contributed by atoms with Crippen molar-refractivity contribution in [3.8, 4) is 0 Å². The molecular formula is C27H41N. The van der Waals surface area contributed by atoms with E-state index in [0.717, 1.165) is 6.42 Å². The summed E-state index contributed by atoms with van der Waals surface area (Å²) in [6.45, 7) is 22.1. The summed E-state index contributed by atoms with van der Waals surface area (Å²) in [5.41, 5.74) is 11.3. The van der Waals surface area contributed by atoms with Gasteiger partial charge in [-0.25, -0.2) is 0 Å². The molecule has 1 heterocycles. The molecular weight excluding hydrogens is 338 g/mol. The topological polar surface area (TPSA) is 12.4 Å². The van der Waals surface area contributed by atoms with Gasteiger partial charge in [0.2, 0.25) is 0 Å². The van der Waals surface area contributed by atoms with E-state index in [1.54, 1.807) is 0 Å². The molecule has 0 amide bonds. The monoisotopic (exact) mass is 379 g/mol. The second-order valence-electron chi connectivity index (χ2n) is 10.1. The van der Waals surface area contributed by atoms with Gasteiger partial charge in [-0.05, 0) is 72.6 Å². The van der Waals surface area contributed by atoms with Crippen molar-refractivity contribution in [2.24, 2.45) is 10.4 Å². The summed E-state index contributed by atoms with van der Waals surface area (Å²) >= 11 is 0. The molecule has 2 aromatic rings. The third kappa shape index (κ3) is 5.80. The van der Waals surface area contributed by atoms with Gasteiger partial charge in [-0.1, -0.05) is 73.2 Å². The number of aliphatic imine (C=N–C) groups is 1. The van der Waals surface area contributed by atoms with Gasteiger partial charge >= 0.3 is 0 Å². The lowest BCUT2D eigenvalue weighted by Crippen LogP contribution is -2.19. The Hall–Kier alpha value is -1.89. The molecule has 1 heteroatoms. The third-order valence-corrected chi connectivity index (χ3v) is 5.55. The smallest absolute Gasteiger partial charge is 0.0668 e. The Labute approximate surface area is 174 Å². The van der Waals surface area contributed by atoms with Gasteiger partial charge in [0, 0.05) is 17.5 Å². The molecule has 1 aliphatic rings. The minimum absolute atomic E-state index is 0. The zero-order chi connectivity index (χ0) is 20.6. The van der Waals surface area contributed by atoms with Crippen LogP contribution in [-0.4, -0.2) is 5.71 Å². The van der Waals surface area contributed by atoms with Gasteiger partial charge in [0.15, 0.2) is 0 Å². The van der Waals surface area contributed by atoms with Crippen LogP contribution in [-0.2, 0) is 11.8 Å². The SMILES string of the molecule is C.Cc1cc2c(cc1C)N=C(C(C)(C)C)C2.Cc1ccc(C(C)(C)C)cc1C. The van der Waals surface area contributed by atoms with Crippen molar-refractivity contribution in [3.05, 3.63) is 63.7 Å². The van der Waals surface area contributed by atoms with Crippen LogP contribution in [0.5, 0.6) is 0 Å². The van der Waals surface area contributed by atoms with E-state index in [4.69, 9.17) is 4.99 Å². The molecule has 3 rings (SSSR count). The molecule has 154 valence electrons. The zero-order valence-corrected chi connectivity index (χ0v) is 19.0. The fourth-order valence-corrected chi connectivity index (χ4v) is 3.11. The molecule has 2 aromatic carbocycles. The third-order valence-electron chi connectivity index (χ3n) is 5.55. The Morgan fingerprint density at radius 1 is 0.679 bits per heavy atom. The highest BCUT2D eigenvalue weighted by molar-refractivity contribution is 5.97. The van der Waals surface area contributed by atoms with Gasteiger partial charge in [-0.2, -0.15) is 0 Å². The Balaban J connectivity index is 0.000000277. The van der Waals surface area contributed by atoms with Crippen molar-refractivity contribution in [3.63, 3.8) is 0 Å². The van der Waals surface area contributed by atoms with Crippen LogP contribution in [0.2, 0.25) is 0 Å². The maximum Gasteiger partial charge on any atom is 0.0668 e. The number of benzene rings is 2. The summed E-state index contributed by atoms with van der Waals surface area (Å²) in [5, 5.41) is 0. The fraction of sp³-hybridized carbons (Fsp3) is 0.519. The summed E-state index contributed by atoms with van der Waals surface area (Å²) < 4.78 is 0. The maximum absolute atomic E-state index is 4.74. The number of aryl methyl sites for hydroxylation is 4. The molecule has 0 bridgehead atoms. The first kappa shape index (κ1) is 24.1. The average Bonchev–Trinajstić information content (AvgIpc) is 2.93. The highest BCUT2D eigenvalue weighted by atomic mass is 14.8. The van der Waals surface area contributed by atoms with Gasteiger partial charge in [-0.3, -0.25) is 4.99 Å². The van der Waals surface area contributed by atoms with Gasteiger partial charge in [0.1, 0.15) is 0 Å². The first-order valence-corrected chi connectivity index (χ1v) is 10.0. The van der Waals surface area contributed by atoms with E-state index < -0.39 is 0 Å². The number of hydrogen-bond donors (Lipinski definition) is 0. The van der Waals surface area contributed by atoms with Gasteiger partial charge in [0.05, 0.1) is 5.69 Å². The van der Waals surface area contributed by atoms with Crippen LogP contribution in [0.1, 0.15) is 82.3 Å². The Bertz CT molecular complexity index is 855. The van der Waals surface area contributed by atoms with Crippen molar-refractivity contribution in [1.82, 2.24) is 0 Å². The molecule has 0 atom stereocenters. The first-order chi connectivity index (χ1) is 12.3. The quantitative estimate of drug-likeness (QED) is 0.437. The van der Waals surface area contributed by atoms with Crippen molar-refractivity contribution < 1.29 is 0 Å². The summed E-state index contributed by atoms with van der Waals surface area (Å²) in [7, 11) is 0. The molecule has 0 aliphatic carbocycles. The predicted molar refractivity (Wildman–Crippen MR) is 128 cm³/mol.